The molecule has 0 saturated carbocycles. The average Bonchev–Trinajstić information content (AvgIpc) is 2.32. The first-order chi connectivity index (χ1) is 5.27. The molecule has 0 saturated heterocycles. The van der Waals surface area contributed by atoms with Gasteiger partial charge in [0.1, 0.15) is 7.85 Å². The highest BCUT2D eigenvalue weighted by Gasteiger charge is 1.87. The minimum atomic E-state index is 0.734. The van der Waals surface area contributed by atoms with Gasteiger partial charge in [-0.05, 0) is 30.2 Å². The molecule has 0 bridgehead atoms. The maximum Gasteiger partial charge on any atom is 0.138 e. The Bertz CT molecular complexity index is 335. The van der Waals surface area contributed by atoms with Gasteiger partial charge in [-0.2, -0.15) is 0 Å². The minimum Gasteiger partial charge on any atom is -0.369 e. The first-order valence-electron chi connectivity index (χ1n) is 3.89. The zero-order chi connectivity index (χ0) is 8.27. The lowest BCUT2D eigenvalue weighted by molar-refractivity contribution is 1.27. The average molecular weight is 145 g/mol. The molecule has 0 aliphatic heterocycles. The molecule has 0 aliphatic carbocycles. The van der Waals surface area contributed by atoms with Gasteiger partial charge in [-0.25, -0.2) is 0 Å². The van der Waals surface area contributed by atoms with E-state index in [1.54, 1.807) is 0 Å². The van der Waals surface area contributed by atoms with E-state index in [0.717, 1.165) is 17.4 Å². The van der Waals surface area contributed by atoms with Crippen molar-refractivity contribution in [3.8, 4) is 0 Å². The lowest BCUT2D eigenvalue weighted by atomic mass is 10.1. The Balaban J connectivity index is 3.36. The molecule has 1 aromatic heterocycles. The SMILES string of the molecule is [B]c1cc(=C/CC)/c(=C\C)[nH]1. The summed E-state index contributed by atoms with van der Waals surface area (Å²) in [4.78, 5) is 3.07. The van der Waals surface area contributed by atoms with E-state index in [0.29, 0.717) is 0 Å². The number of rotatable bonds is 1. The molecule has 0 unspecified atom stereocenters. The number of hydrogen-bond acceptors (Lipinski definition) is 0. The van der Waals surface area contributed by atoms with Crippen LogP contribution in [0.4, 0.5) is 0 Å². The second-order valence-corrected chi connectivity index (χ2v) is 2.49. The maximum absolute atomic E-state index is 5.59. The molecule has 1 rings (SSSR count). The lowest BCUT2D eigenvalue weighted by Gasteiger charge is -1.77. The fourth-order valence-electron chi connectivity index (χ4n) is 1.14. The summed E-state index contributed by atoms with van der Waals surface area (Å²) in [7, 11) is 5.59. The third kappa shape index (κ3) is 1.76. The van der Waals surface area contributed by atoms with Gasteiger partial charge in [0.2, 0.25) is 0 Å². The van der Waals surface area contributed by atoms with Crippen molar-refractivity contribution in [2.24, 2.45) is 0 Å². The third-order valence-electron chi connectivity index (χ3n) is 1.61. The fraction of sp³-hybridized carbons (Fsp3) is 0.333. The normalized spacial score (nSPS) is 14.4. The zero-order valence-corrected chi connectivity index (χ0v) is 7.02. The van der Waals surface area contributed by atoms with Crippen molar-refractivity contribution in [1.82, 2.24) is 4.98 Å². The second kappa shape index (κ2) is 3.47. The van der Waals surface area contributed by atoms with Crippen LogP contribution in [0.5, 0.6) is 0 Å². The lowest BCUT2D eigenvalue weighted by Crippen LogP contribution is -2.21. The third-order valence-corrected chi connectivity index (χ3v) is 1.61. The van der Waals surface area contributed by atoms with E-state index in [4.69, 9.17) is 7.85 Å². The van der Waals surface area contributed by atoms with E-state index < -0.39 is 0 Å². The summed E-state index contributed by atoms with van der Waals surface area (Å²) >= 11 is 0. The van der Waals surface area contributed by atoms with Gasteiger partial charge < -0.3 is 4.98 Å². The molecule has 56 valence electrons. The highest BCUT2D eigenvalue weighted by atomic mass is 14.7. The molecule has 1 aromatic rings. The number of aromatic amines is 1. The molecule has 0 fully saturated rings. The van der Waals surface area contributed by atoms with Gasteiger partial charge in [0.25, 0.3) is 0 Å². The largest absolute Gasteiger partial charge is 0.369 e. The fourth-order valence-corrected chi connectivity index (χ4v) is 1.14. The quantitative estimate of drug-likeness (QED) is 0.526. The summed E-state index contributed by atoms with van der Waals surface area (Å²) < 4.78 is 0. The first-order valence-corrected chi connectivity index (χ1v) is 3.89. The van der Waals surface area contributed by atoms with Gasteiger partial charge in [-0.3, -0.25) is 0 Å². The number of H-pyrrole nitrogens is 1. The summed E-state index contributed by atoms with van der Waals surface area (Å²) in [6.07, 6.45) is 5.22. The Morgan fingerprint density at radius 2 is 2.36 bits per heavy atom. The van der Waals surface area contributed by atoms with E-state index in [2.05, 4.69) is 18.0 Å². The summed E-state index contributed by atoms with van der Waals surface area (Å²) in [5.74, 6) is 0. The highest BCUT2D eigenvalue weighted by Crippen LogP contribution is 1.72. The van der Waals surface area contributed by atoms with Crippen LogP contribution < -0.4 is 16.2 Å². The van der Waals surface area contributed by atoms with Crippen molar-refractivity contribution in [2.75, 3.05) is 0 Å². The van der Waals surface area contributed by atoms with Crippen LogP contribution in [0.3, 0.4) is 0 Å². The van der Waals surface area contributed by atoms with E-state index in [9.17, 15) is 0 Å². The van der Waals surface area contributed by atoms with Gasteiger partial charge in [-0.15, -0.1) is 0 Å². The van der Waals surface area contributed by atoms with Crippen LogP contribution >= 0.6 is 0 Å². The molecule has 0 aromatic carbocycles. The van der Waals surface area contributed by atoms with Crippen LogP contribution in [0.25, 0.3) is 12.2 Å². The van der Waals surface area contributed by atoms with E-state index in [1.165, 1.54) is 5.22 Å². The van der Waals surface area contributed by atoms with Crippen molar-refractivity contribution in [2.45, 2.75) is 20.3 Å². The number of aromatic nitrogens is 1. The van der Waals surface area contributed by atoms with Crippen molar-refractivity contribution < 1.29 is 0 Å². The van der Waals surface area contributed by atoms with Gasteiger partial charge in [0.15, 0.2) is 0 Å². The molecule has 11 heavy (non-hydrogen) atoms. The molecular weight excluding hydrogens is 133 g/mol. The summed E-state index contributed by atoms with van der Waals surface area (Å²) in [5.41, 5.74) is 0.734. The molecule has 1 heterocycles. The molecule has 2 heteroatoms. The molecule has 0 aliphatic rings. The van der Waals surface area contributed by atoms with E-state index in [1.807, 2.05) is 19.1 Å². The van der Waals surface area contributed by atoms with Crippen LogP contribution in [-0.2, 0) is 0 Å². The standard InChI is InChI=1S/C9H12BN/c1-3-5-7-6-9(10)11-8(7)4-2/h4-6,11H,3H2,1-2H3/b7-5-,8-4+. The van der Waals surface area contributed by atoms with Crippen LogP contribution in [0.1, 0.15) is 20.3 Å². The summed E-state index contributed by atoms with van der Waals surface area (Å²) in [6, 6.07) is 1.96. The van der Waals surface area contributed by atoms with Gasteiger partial charge in [0, 0.05) is 5.35 Å². The number of hydrogen-bond donors (Lipinski definition) is 1. The number of nitrogens with one attached hydrogen (secondary N) is 1. The first kappa shape index (κ1) is 8.18. The molecule has 1 N–H and O–H groups in total. The van der Waals surface area contributed by atoms with Crippen LogP contribution in [0, 0.1) is 0 Å². The molecule has 2 radical (unpaired) electrons. The molecule has 1 nitrogen and oxygen atoms in total. The van der Waals surface area contributed by atoms with E-state index in [-0.39, 0.29) is 0 Å². The van der Waals surface area contributed by atoms with Gasteiger partial charge in [0.05, 0.1) is 0 Å². The van der Waals surface area contributed by atoms with Crippen molar-refractivity contribution >= 4 is 25.6 Å². The van der Waals surface area contributed by atoms with E-state index >= 15 is 0 Å². The Hall–Kier alpha value is -0.915. The predicted molar refractivity (Wildman–Crippen MR) is 50.3 cm³/mol. The Morgan fingerprint density at radius 3 is 2.91 bits per heavy atom. The maximum atomic E-state index is 5.59. The molecule has 0 amide bonds. The van der Waals surface area contributed by atoms with Crippen LogP contribution in [-0.4, -0.2) is 12.8 Å². The molecular formula is C9H12BN. The Kier molecular flexibility index (Phi) is 2.58. The Morgan fingerprint density at radius 1 is 1.64 bits per heavy atom. The van der Waals surface area contributed by atoms with Gasteiger partial charge >= 0.3 is 0 Å². The second-order valence-electron chi connectivity index (χ2n) is 2.49. The van der Waals surface area contributed by atoms with Gasteiger partial charge in [-0.1, -0.05) is 19.1 Å². The van der Waals surface area contributed by atoms with Crippen molar-refractivity contribution in [3.05, 3.63) is 16.6 Å². The smallest absolute Gasteiger partial charge is 0.138 e. The zero-order valence-electron chi connectivity index (χ0n) is 7.02. The van der Waals surface area contributed by atoms with Crippen LogP contribution in [0.15, 0.2) is 6.07 Å². The van der Waals surface area contributed by atoms with Crippen molar-refractivity contribution in [3.63, 3.8) is 0 Å². The molecule has 0 atom stereocenters. The summed E-state index contributed by atoms with van der Waals surface area (Å²) in [5, 5.41) is 2.32. The summed E-state index contributed by atoms with van der Waals surface area (Å²) in [6.45, 7) is 4.11. The predicted octanol–water partition coefficient (Wildman–Crippen LogP) is -0.201. The highest BCUT2D eigenvalue weighted by molar-refractivity contribution is 6.30. The topological polar surface area (TPSA) is 15.8 Å². The Labute approximate surface area is 68.2 Å². The van der Waals surface area contributed by atoms with Crippen LogP contribution in [0.2, 0.25) is 0 Å². The van der Waals surface area contributed by atoms with Crippen molar-refractivity contribution in [1.29, 1.82) is 0 Å². The minimum absolute atomic E-state index is 0.734. The monoisotopic (exact) mass is 145 g/mol. The molecule has 0 spiro atoms.